The maximum atomic E-state index is 12.7. The molecular formula is C23H28N2O5S. The molecule has 0 bridgehead atoms. The van der Waals surface area contributed by atoms with Gasteiger partial charge < -0.3 is 10.1 Å². The molecule has 0 fully saturated rings. The standard InChI is InChI=1S/C23H28N2O5S/c1-30-21-9-8-20-17-25(14-12-19(20)16-21)31(28,29)15-5-13-24-23(27)11-10-22(26)18-6-3-2-4-7-18/h2-4,6-9,16H,5,10-15,17H2,1H3,(H,24,27). The van der Waals surface area contributed by atoms with E-state index >= 15 is 0 Å². The highest BCUT2D eigenvalue weighted by atomic mass is 32.2. The topological polar surface area (TPSA) is 92.8 Å². The van der Waals surface area contributed by atoms with Crippen molar-refractivity contribution in [2.24, 2.45) is 0 Å². The third-order valence-electron chi connectivity index (χ3n) is 5.36. The highest BCUT2D eigenvalue weighted by Crippen LogP contribution is 2.25. The molecule has 31 heavy (non-hydrogen) atoms. The summed E-state index contributed by atoms with van der Waals surface area (Å²) in [6.07, 6.45) is 1.20. The summed E-state index contributed by atoms with van der Waals surface area (Å²) < 4.78 is 32.1. The lowest BCUT2D eigenvalue weighted by atomic mass is 10.0. The number of nitrogens with one attached hydrogen (secondary N) is 1. The van der Waals surface area contributed by atoms with Gasteiger partial charge in [0, 0.05) is 38.0 Å². The summed E-state index contributed by atoms with van der Waals surface area (Å²) in [5, 5.41) is 2.71. The van der Waals surface area contributed by atoms with Gasteiger partial charge in [-0.3, -0.25) is 9.59 Å². The molecule has 0 unspecified atom stereocenters. The number of hydrogen-bond acceptors (Lipinski definition) is 5. The van der Waals surface area contributed by atoms with Gasteiger partial charge in [-0.05, 0) is 36.1 Å². The van der Waals surface area contributed by atoms with E-state index < -0.39 is 10.0 Å². The van der Waals surface area contributed by atoms with Crippen LogP contribution in [0.4, 0.5) is 0 Å². The average molecular weight is 445 g/mol. The Kier molecular flexibility index (Phi) is 7.81. The van der Waals surface area contributed by atoms with Crippen LogP contribution < -0.4 is 10.1 Å². The number of methoxy groups -OCH3 is 1. The maximum absolute atomic E-state index is 12.7. The molecule has 1 N–H and O–H groups in total. The average Bonchev–Trinajstić information content (AvgIpc) is 2.80. The molecule has 2 aromatic rings. The number of Topliss-reactive ketones (excluding diaryl/α,β-unsaturated/α-hetero) is 1. The minimum Gasteiger partial charge on any atom is -0.497 e. The first-order chi connectivity index (χ1) is 14.9. The van der Waals surface area contributed by atoms with Gasteiger partial charge in [-0.2, -0.15) is 4.31 Å². The normalized spacial score (nSPS) is 14.0. The van der Waals surface area contributed by atoms with Crippen LogP contribution in [-0.2, 0) is 27.8 Å². The summed E-state index contributed by atoms with van der Waals surface area (Å²) in [5.41, 5.74) is 2.69. The summed E-state index contributed by atoms with van der Waals surface area (Å²) in [7, 11) is -1.79. The Hall–Kier alpha value is -2.71. The van der Waals surface area contributed by atoms with E-state index in [0.717, 1.165) is 16.9 Å². The molecule has 1 aliphatic rings. The van der Waals surface area contributed by atoms with Gasteiger partial charge in [-0.1, -0.05) is 36.4 Å². The SMILES string of the molecule is COc1ccc2c(c1)CCN(S(=O)(=O)CCCNC(=O)CCC(=O)c1ccccc1)C2. The summed E-state index contributed by atoms with van der Waals surface area (Å²) in [6, 6.07) is 14.5. The molecular weight excluding hydrogens is 416 g/mol. The first-order valence-corrected chi connectivity index (χ1v) is 12.0. The van der Waals surface area contributed by atoms with E-state index in [0.29, 0.717) is 31.5 Å². The Morgan fingerprint density at radius 2 is 1.84 bits per heavy atom. The Labute approximate surface area is 183 Å². The van der Waals surface area contributed by atoms with Gasteiger partial charge in [-0.25, -0.2) is 8.42 Å². The van der Waals surface area contributed by atoms with Crippen molar-refractivity contribution in [3.8, 4) is 5.75 Å². The molecule has 0 atom stereocenters. The molecule has 1 heterocycles. The molecule has 7 nitrogen and oxygen atoms in total. The van der Waals surface area contributed by atoms with Crippen LogP contribution in [0.3, 0.4) is 0 Å². The summed E-state index contributed by atoms with van der Waals surface area (Å²) >= 11 is 0. The fourth-order valence-corrected chi connectivity index (χ4v) is 5.04. The summed E-state index contributed by atoms with van der Waals surface area (Å²) in [5.74, 6) is 0.418. The smallest absolute Gasteiger partial charge is 0.220 e. The van der Waals surface area contributed by atoms with Gasteiger partial charge in [0.15, 0.2) is 5.78 Å². The van der Waals surface area contributed by atoms with Crippen molar-refractivity contribution in [3.05, 3.63) is 65.2 Å². The molecule has 0 aliphatic carbocycles. The van der Waals surface area contributed by atoms with Gasteiger partial charge in [0.25, 0.3) is 0 Å². The molecule has 0 aromatic heterocycles. The first kappa shape index (κ1) is 23.0. The van der Waals surface area contributed by atoms with E-state index in [1.165, 1.54) is 4.31 Å². The predicted octanol–water partition coefficient (Wildman–Crippen LogP) is 2.55. The monoisotopic (exact) mass is 444 g/mol. The Bertz CT molecular complexity index is 1020. The fourth-order valence-electron chi connectivity index (χ4n) is 3.56. The zero-order valence-corrected chi connectivity index (χ0v) is 18.5. The minimum absolute atomic E-state index is 0.0261. The van der Waals surface area contributed by atoms with Crippen molar-refractivity contribution in [2.75, 3.05) is 26.0 Å². The zero-order chi connectivity index (χ0) is 22.3. The van der Waals surface area contributed by atoms with Crippen molar-refractivity contribution in [1.29, 1.82) is 0 Å². The van der Waals surface area contributed by atoms with E-state index in [-0.39, 0.29) is 36.8 Å². The van der Waals surface area contributed by atoms with Crippen LogP contribution >= 0.6 is 0 Å². The van der Waals surface area contributed by atoms with Gasteiger partial charge in [0.05, 0.1) is 12.9 Å². The summed E-state index contributed by atoms with van der Waals surface area (Å²) in [6.45, 7) is 1.06. The number of ketones is 1. The second-order valence-corrected chi connectivity index (χ2v) is 9.62. The zero-order valence-electron chi connectivity index (χ0n) is 17.7. The number of ether oxygens (including phenoxy) is 1. The molecule has 0 saturated heterocycles. The Balaban J connectivity index is 1.39. The van der Waals surface area contributed by atoms with E-state index in [4.69, 9.17) is 4.74 Å². The number of carbonyl (C=O) groups excluding carboxylic acids is 2. The fraction of sp³-hybridized carbons (Fsp3) is 0.391. The molecule has 1 amide bonds. The number of amides is 1. The lowest BCUT2D eigenvalue weighted by molar-refractivity contribution is -0.121. The largest absolute Gasteiger partial charge is 0.497 e. The lowest BCUT2D eigenvalue weighted by Crippen LogP contribution is -2.38. The van der Waals surface area contributed by atoms with Crippen molar-refractivity contribution >= 4 is 21.7 Å². The third kappa shape index (κ3) is 6.38. The second kappa shape index (κ2) is 10.5. The number of benzene rings is 2. The maximum Gasteiger partial charge on any atom is 0.220 e. The van der Waals surface area contributed by atoms with E-state index in [2.05, 4.69) is 5.32 Å². The van der Waals surface area contributed by atoms with Crippen molar-refractivity contribution in [2.45, 2.75) is 32.2 Å². The Morgan fingerprint density at radius 1 is 1.06 bits per heavy atom. The van der Waals surface area contributed by atoms with Crippen molar-refractivity contribution in [1.82, 2.24) is 9.62 Å². The van der Waals surface area contributed by atoms with Crippen LogP contribution in [0.15, 0.2) is 48.5 Å². The van der Waals surface area contributed by atoms with Crippen LogP contribution in [0, 0.1) is 0 Å². The van der Waals surface area contributed by atoms with Crippen LogP contribution in [0.2, 0.25) is 0 Å². The van der Waals surface area contributed by atoms with Crippen LogP contribution in [0.5, 0.6) is 5.75 Å². The molecule has 3 rings (SSSR count). The van der Waals surface area contributed by atoms with Crippen molar-refractivity contribution in [3.63, 3.8) is 0 Å². The predicted molar refractivity (Wildman–Crippen MR) is 119 cm³/mol. The molecule has 0 spiro atoms. The van der Waals surface area contributed by atoms with Gasteiger partial charge in [0.2, 0.25) is 15.9 Å². The van der Waals surface area contributed by atoms with Crippen molar-refractivity contribution < 1.29 is 22.7 Å². The third-order valence-corrected chi connectivity index (χ3v) is 7.26. The quantitative estimate of drug-likeness (QED) is 0.449. The molecule has 1 aliphatic heterocycles. The highest BCUT2D eigenvalue weighted by molar-refractivity contribution is 7.89. The van der Waals surface area contributed by atoms with E-state index in [1.807, 2.05) is 24.3 Å². The number of carbonyl (C=O) groups is 2. The summed E-state index contributed by atoms with van der Waals surface area (Å²) in [4.78, 5) is 24.0. The van der Waals surface area contributed by atoms with E-state index in [9.17, 15) is 18.0 Å². The molecule has 8 heteroatoms. The molecule has 166 valence electrons. The van der Waals surface area contributed by atoms with Crippen LogP contribution in [-0.4, -0.2) is 50.4 Å². The molecule has 0 saturated carbocycles. The van der Waals surface area contributed by atoms with Gasteiger partial charge >= 0.3 is 0 Å². The highest BCUT2D eigenvalue weighted by Gasteiger charge is 2.26. The van der Waals surface area contributed by atoms with Gasteiger partial charge in [-0.15, -0.1) is 0 Å². The number of rotatable bonds is 10. The second-order valence-electron chi connectivity index (χ2n) is 7.53. The van der Waals surface area contributed by atoms with E-state index in [1.54, 1.807) is 31.4 Å². The van der Waals surface area contributed by atoms with Gasteiger partial charge in [0.1, 0.15) is 5.75 Å². The van der Waals surface area contributed by atoms with Crippen LogP contribution in [0.1, 0.15) is 40.7 Å². The number of sulfonamides is 1. The number of fused-ring (bicyclic) bond motifs is 1. The number of nitrogens with zero attached hydrogens (tertiary/aromatic N) is 1. The Morgan fingerprint density at radius 3 is 2.58 bits per heavy atom. The minimum atomic E-state index is -3.40. The van der Waals surface area contributed by atoms with Crippen LogP contribution in [0.25, 0.3) is 0 Å². The molecule has 0 radical (unpaired) electrons. The first-order valence-electron chi connectivity index (χ1n) is 10.4. The lowest BCUT2D eigenvalue weighted by Gasteiger charge is -2.28. The number of hydrogen-bond donors (Lipinski definition) is 1. The molecule has 2 aromatic carbocycles.